The van der Waals surface area contributed by atoms with Crippen molar-refractivity contribution >= 4 is 15.8 Å². The van der Waals surface area contributed by atoms with E-state index in [1.165, 1.54) is 19.2 Å². The molecule has 0 aliphatic carbocycles. The normalized spacial score (nSPS) is 23.8. The molecule has 2 atom stereocenters. The summed E-state index contributed by atoms with van der Waals surface area (Å²) in [6.45, 7) is 0.0243. The van der Waals surface area contributed by atoms with Crippen LogP contribution in [0.1, 0.15) is 18.0 Å². The van der Waals surface area contributed by atoms with Crippen LogP contribution in [0.3, 0.4) is 0 Å². The minimum Gasteiger partial charge on any atom is -0.468 e. The Morgan fingerprint density at radius 2 is 1.67 bits per heavy atom. The molecule has 0 radical (unpaired) electrons. The average Bonchev–Trinajstić information content (AvgIpc) is 3.10. The van der Waals surface area contributed by atoms with Gasteiger partial charge in [0, 0.05) is 12.6 Å². The van der Waals surface area contributed by atoms with Crippen molar-refractivity contribution in [3.63, 3.8) is 0 Å². The fourth-order valence-corrected chi connectivity index (χ4v) is 5.09. The summed E-state index contributed by atoms with van der Waals surface area (Å²) in [6.07, 6.45) is 0.140. The number of hydrogen-bond donors (Lipinski definition) is 1. The summed E-state index contributed by atoms with van der Waals surface area (Å²) in [6, 6.07) is 17.3. The molecule has 0 bridgehead atoms. The van der Waals surface area contributed by atoms with E-state index in [1.807, 2.05) is 30.3 Å². The second-order valence-corrected chi connectivity index (χ2v) is 8.11. The van der Waals surface area contributed by atoms with E-state index in [4.69, 9.17) is 4.74 Å². The summed E-state index contributed by atoms with van der Waals surface area (Å²) in [5.74, 6) is -0.725. The standard InChI is InChI=1S/C18H19NO4S/c1-23-17(20)18(24(21,22)15-10-6-3-7-11-15)12-16(19-13-18)14-8-4-2-5-9-14/h2-11,16,19H,12-13H2,1H3/t16-,18-/m0/s1. The lowest BCUT2D eigenvalue weighted by molar-refractivity contribution is -0.143. The minimum atomic E-state index is -3.89. The zero-order chi connectivity index (χ0) is 17.2. The van der Waals surface area contributed by atoms with Crippen LogP contribution in [0.2, 0.25) is 0 Å². The first-order valence-corrected chi connectivity index (χ1v) is 9.16. The molecule has 2 aromatic carbocycles. The van der Waals surface area contributed by atoms with E-state index in [2.05, 4.69) is 5.32 Å². The monoisotopic (exact) mass is 345 g/mol. The third-order valence-corrected chi connectivity index (χ3v) is 6.89. The lowest BCUT2D eigenvalue weighted by Gasteiger charge is -2.25. The van der Waals surface area contributed by atoms with Gasteiger partial charge in [0.1, 0.15) is 0 Å². The van der Waals surface area contributed by atoms with Crippen LogP contribution >= 0.6 is 0 Å². The number of benzene rings is 2. The first-order valence-electron chi connectivity index (χ1n) is 7.68. The van der Waals surface area contributed by atoms with Crippen molar-refractivity contribution in [1.82, 2.24) is 5.32 Å². The van der Waals surface area contributed by atoms with Gasteiger partial charge in [-0.3, -0.25) is 4.79 Å². The lowest BCUT2D eigenvalue weighted by atomic mass is 9.99. The summed E-state index contributed by atoms with van der Waals surface area (Å²) in [4.78, 5) is 12.6. The number of methoxy groups -OCH3 is 1. The molecule has 1 heterocycles. The fraction of sp³-hybridized carbons (Fsp3) is 0.278. The Morgan fingerprint density at radius 3 is 2.25 bits per heavy atom. The third-order valence-electron chi connectivity index (χ3n) is 4.50. The summed E-state index contributed by atoms with van der Waals surface area (Å²) in [5, 5.41) is 3.17. The van der Waals surface area contributed by atoms with E-state index >= 15 is 0 Å². The zero-order valence-corrected chi connectivity index (χ0v) is 14.1. The summed E-state index contributed by atoms with van der Waals surface area (Å²) >= 11 is 0. The summed E-state index contributed by atoms with van der Waals surface area (Å²) in [5.41, 5.74) is 0.950. The molecule has 1 aliphatic heterocycles. The van der Waals surface area contributed by atoms with Crippen LogP contribution in [-0.2, 0) is 19.4 Å². The van der Waals surface area contributed by atoms with Gasteiger partial charge in [-0.15, -0.1) is 0 Å². The molecule has 1 fully saturated rings. The number of sulfone groups is 1. The maximum Gasteiger partial charge on any atom is 0.329 e. The molecule has 6 heteroatoms. The molecule has 0 amide bonds. The first-order chi connectivity index (χ1) is 11.5. The van der Waals surface area contributed by atoms with E-state index in [1.54, 1.807) is 18.2 Å². The fourth-order valence-electron chi connectivity index (χ4n) is 3.16. The van der Waals surface area contributed by atoms with Crippen molar-refractivity contribution in [3.05, 3.63) is 66.2 Å². The highest BCUT2D eigenvalue weighted by Gasteiger charge is 2.57. The van der Waals surface area contributed by atoms with E-state index in [0.717, 1.165) is 5.56 Å². The molecule has 126 valence electrons. The molecule has 0 unspecified atom stereocenters. The minimum absolute atomic E-state index is 0.0243. The molecule has 3 rings (SSSR count). The Kier molecular flexibility index (Phi) is 4.43. The van der Waals surface area contributed by atoms with Crippen molar-refractivity contribution in [2.45, 2.75) is 22.1 Å². The predicted molar refractivity (Wildman–Crippen MR) is 90.2 cm³/mol. The Morgan fingerprint density at radius 1 is 1.08 bits per heavy atom. The highest BCUT2D eigenvalue weighted by Crippen LogP contribution is 2.39. The maximum absolute atomic E-state index is 13.2. The predicted octanol–water partition coefficient (Wildman–Crippen LogP) is 2.11. The molecule has 0 saturated carbocycles. The molecule has 5 nitrogen and oxygen atoms in total. The smallest absolute Gasteiger partial charge is 0.329 e. The van der Waals surface area contributed by atoms with Crippen LogP contribution in [0, 0.1) is 0 Å². The molecular formula is C18H19NO4S. The molecule has 1 N–H and O–H groups in total. The highest BCUT2D eigenvalue weighted by molar-refractivity contribution is 7.93. The van der Waals surface area contributed by atoms with Gasteiger partial charge in [0.2, 0.25) is 0 Å². The number of esters is 1. The quantitative estimate of drug-likeness (QED) is 0.859. The number of carbonyl (C=O) groups excluding carboxylic acids is 1. The van der Waals surface area contributed by atoms with E-state index in [9.17, 15) is 13.2 Å². The Labute approximate surface area is 141 Å². The van der Waals surface area contributed by atoms with Gasteiger partial charge in [-0.05, 0) is 24.1 Å². The zero-order valence-electron chi connectivity index (χ0n) is 13.3. The SMILES string of the molecule is COC(=O)[C@@]1(S(=O)(=O)c2ccccc2)CN[C@H](c2ccccc2)C1. The largest absolute Gasteiger partial charge is 0.468 e. The van der Waals surface area contributed by atoms with Gasteiger partial charge in [0.25, 0.3) is 0 Å². The van der Waals surface area contributed by atoms with Gasteiger partial charge in [-0.25, -0.2) is 8.42 Å². The van der Waals surface area contributed by atoms with Gasteiger partial charge in [0.05, 0.1) is 12.0 Å². The van der Waals surface area contributed by atoms with Crippen LogP contribution in [-0.4, -0.2) is 32.8 Å². The van der Waals surface area contributed by atoms with Gasteiger partial charge >= 0.3 is 5.97 Å². The lowest BCUT2D eigenvalue weighted by Crippen LogP contribution is -2.49. The number of rotatable bonds is 4. The molecule has 24 heavy (non-hydrogen) atoms. The molecule has 0 spiro atoms. The first kappa shape index (κ1) is 16.7. The molecule has 1 saturated heterocycles. The van der Waals surface area contributed by atoms with Crippen LogP contribution in [0.5, 0.6) is 0 Å². The van der Waals surface area contributed by atoms with Gasteiger partial charge in [0.15, 0.2) is 14.6 Å². The van der Waals surface area contributed by atoms with Crippen molar-refractivity contribution in [3.8, 4) is 0 Å². The Bertz CT molecular complexity index is 821. The van der Waals surface area contributed by atoms with E-state index in [0.29, 0.717) is 0 Å². The van der Waals surface area contributed by atoms with Gasteiger partial charge in [-0.1, -0.05) is 48.5 Å². The van der Waals surface area contributed by atoms with Crippen LogP contribution in [0.25, 0.3) is 0 Å². The van der Waals surface area contributed by atoms with Crippen LogP contribution < -0.4 is 5.32 Å². The van der Waals surface area contributed by atoms with Crippen LogP contribution in [0.15, 0.2) is 65.6 Å². The topological polar surface area (TPSA) is 72.5 Å². The van der Waals surface area contributed by atoms with Crippen LogP contribution in [0.4, 0.5) is 0 Å². The summed E-state index contributed by atoms with van der Waals surface area (Å²) < 4.78 is 29.6. The Hall–Kier alpha value is -2.18. The maximum atomic E-state index is 13.2. The second kappa shape index (κ2) is 6.37. The molecule has 1 aliphatic rings. The second-order valence-electron chi connectivity index (χ2n) is 5.85. The molecule has 2 aromatic rings. The highest BCUT2D eigenvalue weighted by atomic mass is 32.2. The van der Waals surface area contributed by atoms with Gasteiger partial charge < -0.3 is 10.1 Å². The number of nitrogens with one attached hydrogen (secondary N) is 1. The van der Waals surface area contributed by atoms with Crippen molar-refractivity contribution in [1.29, 1.82) is 0 Å². The summed E-state index contributed by atoms with van der Waals surface area (Å²) in [7, 11) is -2.67. The number of ether oxygens (including phenoxy) is 1. The van der Waals surface area contributed by atoms with Crippen molar-refractivity contribution < 1.29 is 17.9 Å². The average molecular weight is 345 g/mol. The number of carbonyl (C=O) groups is 1. The van der Waals surface area contributed by atoms with Gasteiger partial charge in [-0.2, -0.15) is 0 Å². The van der Waals surface area contributed by atoms with E-state index < -0.39 is 20.6 Å². The van der Waals surface area contributed by atoms with Crippen molar-refractivity contribution in [2.24, 2.45) is 0 Å². The molecular weight excluding hydrogens is 326 g/mol. The van der Waals surface area contributed by atoms with Crippen molar-refractivity contribution in [2.75, 3.05) is 13.7 Å². The molecule has 0 aromatic heterocycles. The van der Waals surface area contributed by atoms with E-state index in [-0.39, 0.29) is 23.9 Å². The number of hydrogen-bond acceptors (Lipinski definition) is 5. The Balaban J connectivity index is 2.04. The third kappa shape index (κ3) is 2.61.